The molecular weight excluding hydrogens is 270 g/mol. The van der Waals surface area contributed by atoms with Gasteiger partial charge >= 0.3 is 0 Å². The zero-order valence-corrected chi connectivity index (χ0v) is 13.7. The van der Waals surface area contributed by atoms with Gasteiger partial charge in [-0.2, -0.15) is 0 Å². The molecule has 0 amide bonds. The van der Waals surface area contributed by atoms with Gasteiger partial charge in [-0.15, -0.1) is 11.3 Å². The monoisotopic (exact) mass is 297 g/mol. The number of hydrogen-bond donors (Lipinski definition) is 1. The summed E-state index contributed by atoms with van der Waals surface area (Å²) in [6.45, 7) is 7.60. The molecule has 1 unspecified atom stereocenters. The van der Waals surface area contributed by atoms with Gasteiger partial charge < -0.3 is 15.4 Å². The molecule has 1 heterocycles. The number of ether oxygens (including phenoxy) is 1. The highest BCUT2D eigenvalue weighted by molar-refractivity contribution is 7.15. The molecular formula is C15H27N3OS. The van der Waals surface area contributed by atoms with E-state index in [1.165, 1.54) is 23.4 Å². The van der Waals surface area contributed by atoms with Crippen LogP contribution in [0.3, 0.4) is 0 Å². The maximum absolute atomic E-state index is 5.85. The van der Waals surface area contributed by atoms with Gasteiger partial charge in [-0.1, -0.05) is 13.8 Å². The van der Waals surface area contributed by atoms with E-state index in [2.05, 4.69) is 25.8 Å². The molecule has 1 aliphatic carbocycles. The smallest absolute Gasteiger partial charge is 0.185 e. The highest BCUT2D eigenvalue weighted by atomic mass is 32.1. The van der Waals surface area contributed by atoms with Gasteiger partial charge in [0.2, 0.25) is 0 Å². The quantitative estimate of drug-likeness (QED) is 0.712. The molecule has 0 bridgehead atoms. The SMILES string of the molecule is CCC(C)c1nc(N(C)CCOCC2CC2)sc1CN. The molecule has 20 heavy (non-hydrogen) atoms. The summed E-state index contributed by atoms with van der Waals surface area (Å²) < 4.78 is 5.69. The lowest BCUT2D eigenvalue weighted by Gasteiger charge is -2.15. The molecule has 0 aromatic carbocycles. The Labute approximate surface area is 126 Å². The predicted octanol–water partition coefficient (Wildman–Crippen LogP) is 2.98. The molecule has 0 aliphatic heterocycles. The second-order valence-corrected chi connectivity index (χ2v) is 6.82. The van der Waals surface area contributed by atoms with Crippen LogP contribution in [0.15, 0.2) is 0 Å². The van der Waals surface area contributed by atoms with Crippen molar-refractivity contribution in [3.05, 3.63) is 10.6 Å². The fraction of sp³-hybridized carbons (Fsp3) is 0.800. The van der Waals surface area contributed by atoms with Crippen LogP contribution in [0.5, 0.6) is 0 Å². The van der Waals surface area contributed by atoms with Crippen molar-refractivity contribution in [1.82, 2.24) is 4.98 Å². The maximum atomic E-state index is 5.85. The first-order valence-electron chi connectivity index (χ1n) is 7.64. The Kier molecular flexibility index (Phi) is 5.81. The van der Waals surface area contributed by atoms with Crippen LogP contribution >= 0.6 is 11.3 Å². The highest BCUT2D eigenvalue weighted by Crippen LogP contribution is 2.31. The fourth-order valence-corrected chi connectivity index (χ4v) is 3.12. The lowest BCUT2D eigenvalue weighted by molar-refractivity contribution is 0.131. The minimum atomic E-state index is 0.484. The number of nitrogens with two attached hydrogens (primary N) is 1. The van der Waals surface area contributed by atoms with Crippen LogP contribution < -0.4 is 10.6 Å². The van der Waals surface area contributed by atoms with E-state index in [0.717, 1.165) is 37.2 Å². The van der Waals surface area contributed by atoms with E-state index >= 15 is 0 Å². The van der Waals surface area contributed by atoms with Gasteiger partial charge in [0.15, 0.2) is 5.13 Å². The first-order valence-corrected chi connectivity index (χ1v) is 8.45. The Bertz CT molecular complexity index is 417. The van der Waals surface area contributed by atoms with Gasteiger partial charge in [0, 0.05) is 31.6 Å². The fourth-order valence-electron chi connectivity index (χ4n) is 2.07. The van der Waals surface area contributed by atoms with Crippen LogP contribution in [0.4, 0.5) is 5.13 Å². The minimum absolute atomic E-state index is 0.484. The van der Waals surface area contributed by atoms with Gasteiger partial charge in [0.05, 0.1) is 12.3 Å². The van der Waals surface area contributed by atoms with E-state index in [9.17, 15) is 0 Å². The topological polar surface area (TPSA) is 51.4 Å². The van der Waals surface area contributed by atoms with E-state index in [0.29, 0.717) is 12.5 Å². The van der Waals surface area contributed by atoms with Crippen LogP contribution in [0.1, 0.15) is 49.6 Å². The molecule has 4 nitrogen and oxygen atoms in total. The van der Waals surface area contributed by atoms with Crippen molar-refractivity contribution < 1.29 is 4.74 Å². The van der Waals surface area contributed by atoms with Crippen LogP contribution in [-0.4, -0.2) is 31.8 Å². The van der Waals surface area contributed by atoms with Crippen LogP contribution in [0.2, 0.25) is 0 Å². The summed E-state index contributed by atoms with van der Waals surface area (Å²) >= 11 is 1.72. The number of hydrogen-bond acceptors (Lipinski definition) is 5. The van der Waals surface area contributed by atoms with E-state index in [1.807, 2.05) is 0 Å². The Balaban J connectivity index is 1.87. The number of aromatic nitrogens is 1. The number of anilines is 1. The first-order chi connectivity index (χ1) is 9.65. The third kappa shape index (κ3) is 4.17. The van der Waals surface area contributed by atoms with E-state index < -0.39 is 0 Å². The van der Waals surface area contributed by atoms with Crippen LogP contribution in [0, 0.1) is 5.92 Å². The zero-order valence-electron chi connectivity index (χ0n) is 12.9. The van der Waals surface area contributed by atoms with E-state index in [-0.39, 0.29) is 0 Å². The van der Waals surface area contributed by atoms with Gasteiger partial charge in [-0.05, 0) is 31.1 Å². The van der Waals surface area contributed by atoms with Crippen molar-refractivity contribution in [2.75, 3.05) is 31.7 Å². The molecule has 0 saturated heterocycles. The van der Waals surface area contributed by atoms with Crippen molar-refractivity contribution >= 4 is 16.5 Å². The maximum Gasteiger partial charge on any atom is 0.185 e. The predicted molar refractivity (Wildman–Crippen MR) is 85.5 cm³/mol. The van der Waals surface area contributed by atoms with E-state index in [1.54, 1.807) is 11.3 Å². The Morgan fingerprint density at radius 2 is 2.25 bits per heavy atom. The second-order valence-electron chi connectivity index (χ2n) is 5.76. The molecule has 2 N–H and O–H groups in total. The average Bonchev–Trinajstić information content (AvgIpc) is 3.18. The summed E-state index contributed by atoms with van der Waals surface area (Å²) in [4.78, 5) is 8.19. The van der Waals surface area contributed by atoms with Crippen molar-refractivity contribution in [2.24, 2.45) is 11.7 Å². The molecule has 5 heteroatoms. The van der Waals surface area contributed by atoms with Gasteiger partial charge in [0.25, 0.3) is 0 Å². The summed E-state index contributed by atoms with van der Waals surface area (Å²) in [7, 11) is 2.08. The average molecular weight is 297 g/mol. The molecule has 2 rings (SSSR count). The largest absolute Gasteiger partial charge is 0.379 e. The molecule has 1 saturated carbocycles. The van der Waals surface area contributed by atoms with Gasteiger partial charge in [-0.3, -0.25) is 0 Å². The number of nitrogens with zero attached hydrogens (tertiary/aromatic N) is 2. The Morgan fingerprint density at radius 1 is 1.50 bits per heavy atom. The lowest BCUT2D eigenvalue weighted by atomic mass is 10.0. The zero-order chi connectivity index (χ0) is 14.5. The van der Waals surface area contributed by atoms with Crippen molar-refractivity contribution in [3.8, 4) is 0 Å². The molecule has 114 valence electrons. The van der Waals surface area contributed by atoms with Crippen molar-refractivity contribution in [2.45, 2.75) is 45.6 Å². The Hall–Kier alpha value is -0.650. The van der Waals surface area contributed by atoms with Crippen LogP contribution in [-0.2, 0) is 11.3 Å². The number of rotatable bonds is 9. The molecule has 0 spiro atoms. The molecule has 1 aliphatic rings. The molecule has 1 aromatic heterocycles. The van der Waals surface area contributed by atoms with Crippen LogP contribution in [0.25, 0.3) is 0 Å². The molecule has 1 fully saturated rings. The number of thiazole rings is 1. The third-order valence-electron chi connectivity index (χ3n) is 3.93. The van der Waals surface area contributed by atoms with Crippen molar-refractivity contribution in [3.63, 3.8) is 0 Å². The standard InChI is InChI=1S/C15H27N3OS/c1-4-11(2)14-13(9-16)20-15(17-14)18(3)7-8-19-10-12-5-6-12/h11-12H,4-10,16H2,1-3H3. The van der Waals surface area contributed by atoms with Gasteiger partial charge in [0.1, 0.15) is 0 Å². The lowest BCUT2D eigenvalue weighted by Crippen LogP contribution is -2.22. The Morgan fingerprint density at radius 3 is 2.85 bits per heavy atom. The highest BCUT2D eigenvalue weighted by Gasteiger charge is 2.21. The van der Waals surface area contributed by atoms with E-state index in [4.69, 9.17) is 15.5 Å². The summed E-state index contributed by atoms with van der Waals surface area (Å²) in [5.41, 5.74) is 7.03. The molecule has 0 radical (unpaired) electrons. The minimum Gasteiger partial charge on any atom is -0.379 e. The first kappa shape index (κ1) is 15.7. The summed E-state index contributed by atoms with van der Waals surface area (Å²) in [6, 6.07) is 0. The molecule has 1 atom stereocenters. The van der Waals surface area contributed by atoms with Gasteiger partial charge in [-0.25, -0.2) is 4.98 Å². The summed E-state index contributed by atoms with van der Waals surface area (Å²) in [6.07, 6.45) is 3.80. The molecule has 1 aromatic rings. The van der Waals surface area contributed by atoms with Crippen molar-refractivity contribution in [1.29, 1.82) is 0 Å². The normalized spacial score (nSPS) is 16.4. The summed E-state index contributed by atoms with van der Waals surface area (Å²) in [5, 5.41) is 1.07. The summed E-state index contributed by atoms with van der Waals surface area (Å²) in [5.74, 6) is 1.32. The second kappa shape index (κ2) is 7.38. The third-order valence-corrected chi connectivity index (χ3v) is 5.14. The number of likely N-dealkylation sites (N-methyl/N-ethyl adjacent to an activating group) is 1.